The number of alkyl halides is 3. The van der Waals surface area contributed by atoms with Gasteiger partial charge in [0.1, 0.15) is 5.82 Å². The standard InChI is InChI=1S/C14H15F4NOS/c1-8-6-19(7-9(2)21-8)13(20)11-5-10(14(16,17)18)3-4-12(11)15/h3-5,8-9H,6-7H2,1-2H3. The summed E-state index contributed by atoms with van der Waals surface area (Å²) in [5.41, 5.74) is -1.53. The lowest BCUT2D eigenvalue weighted by molar-refractivity contribution is -0.137. The highest BCUT2D eigenvalue weighted by Gasteiger charge is 2.33. The smallest absolute Gasteiger partial charge is 0.336 e. The number of benzene rings is 1. The predicted octanol–water partition coefficient (Wildman–Crippen LogP) is 3.81. The van der Waals surface area contributed by atoms with Gasteiger partial charge >= 0.3 is 6.18 Å². The second-order valence-corrected chi connectivity index (χ2v) is 7.04. The maximum atomic E-state index is 13.7. The molecule has 0 saturated carbocycles. The lowest BCUT2D eigenvalue weighted by Crippen LogP contribution is -2.44. The molecule has 2 atom stereocenters. The van der Waals surface area contributed by atoms with Crippen LogP contribution in [0.4, 0.5) is 17.6 Å². The predicted molar refractivity (Wildman–Crippen MR) is 73.8 cm³/mol. The summed E-state index contributed by atoms with van der Waals surface area (Å²) in [6, 6.07) is 1.93. The zero-order valence-electron chi connectivity index (χ0n) is 11.6. The molecule has 2 unspecified atom stereocenters. The summed E-state index contributed by atoms with van der Waals surface area (Å²) in [5, 5.41) is 0.345. The van der Waals surface area contributed by atoms with E-state index < -0.39 is 29.0 Å². The first kappa shape index (κ1) is 16.1. The number of hydrogen-bond acceptors (Lipinski definition) is 2. The van der Waals surface area contributed by atoms with E-state index in [1.165, 1.54) is 4.90 Å². The van der Waals surface area contributed by atoms with Crippen molar-refractivity contribution in [3.8, 4) is 0 Å². The van der Waals surface area contributed by atoms with Crippen molar-refractivity contribution >= 4 is 17.7 Å². The first-order valence-electron chi connectivity index (χ1n) is 6.50. The van der Waals surface area contributed by atoms with Crippen LogP contribution in [0.2, 0.25) is 0 Å². The molecular weight excluding hydrogens is 306 g/mol. The van der Waals surface area contributed by atoms with Gasteiger partial charge in [-0.3, -0.25) is 4.79 Å². The summed E-state index contributed by atoms with van der Waals surface area (Å²) < 4.78 is 51.8. The van der Waals surface area contributed by atoms with Gasteiger partial charge in [-0.2, -0.15) is 24.9 Å². The van der Waals surface area contributed by atoms with Crippen LogP contribution in [0.1, 0.15) is 29.8 Å². The van der Waals surface area contributed by atoms with Gasteiger partial charge in [0.15, 0.2) is 0 Å². The van der Waals surface area contributed by atoms with Crippen molar-refractivity contribution in [1.29, 1.82) is 0 Å². The van der Waals surface area contributed by atoms with E-state index in [1.54, 1.807) is 11.8 Å². The van der Waals surface area contributed by atoms with Crippen LogP contribution >= 0.6 is 11.8 Å². The topological polar surface area (TPSA) is 20.3 Å². The second kappa shape index (κ2) is 5.87. The van der Waals surface area contributed by atoms with E-state index >= 15 is 0 Å². The van der Waals surface area contributed by atoms with Crippen molar-refractivity contribution < 1.29 is 22.4 Å². The largest absolute Gasteiger partial charge is 0.416 e. The van der Waals surface area contributed by atoms with Gasteiger partial charge in [0.05, 0.1) is 11.1 Å². The Morgan fingerprint density at radius 2 is 1.81 bits per heavy atom. The highest BCUT2D eigenvalue weighted by Crippen LogP contribution is 2.31. The van der Waals surface area contributed by atoms with Crippen molar-refractivity contribution in [3.05, 3.63) is 35.1 Å². The lowest BCUT2D eigenvalue weighted by atomic mass is 10.1. The quantitative estimate of drug-likeness (QED) is 0.733. The van der Waals surface area contributed by atoms with Crippen molar-refractivity contribution in [1.82, 2.24) is 4.90 Å². The van der Waals surface area contributed by atoms with Crippen LogP contribution in [0.15, 0.2) is 18.2 Å². The van der Waals surface area contributed by atoms with Gasteiger partial charge < -0.3 is 4.90 Å². The Hall–Kier alpha value is -1.24. The third-order valence-corrected chi connectivity index (χ3v) is 4.46. The minimum atomic E-state index is -4.60. The van der Waals surface area contributed by atoms with E-state index in [0.717, 1.165) is 0 Å². The molecule has 1 aromatic carbocycles. The molecule has 1 heterocycles. The molecule has 21 heavy (non-hydrogen) atoms. The molecule has 0 radical (unpaired) electrons. The van der Waals surface area contributed by atoms with Gasteiger partial charge in [-0.05, 0) is 18.2 Å². The number of halogens is 4. The molecule has 0 aliphatic carbocycles. The van der Waals surface area contributed by atoms with Crippen molar-refractivity contribution in [2.24, 2.45) is 0 Å². The molecule has 2 nitrogen and oxygen atoms in total. The summed E-state index contributed by atoms with van der Waals surface area (Å²) in [4.78, 5) is 13.7. The first-order chi connectivity index (χ1) is 9.68. The van der Waals surface area contributed by atoms with E-state index in [2.05, 4.69) is 0 Å². The highest BCUT2D eigenvalue weighted by atomic mass is 32.2. The van der Waals surface area contributed by atoms with Gasteiger partial charge in [-0.1, -0.05) is 13.8 Å². The van der Waals surface area contributed by atoms with Gasteiger partial charge in [0, 0.05) is 23.6 Å². The Morgan fingerprint density at radius 3 is 2.33 bits per heavy atom. The van der Waals surface area contributed by atoms with Gasteiger partial charge in [-0.25, -0.2) is 4.39 Å². The average Bonchev–Trinajstić information content (AvgIpc) is 2.36. The summed E-state index contributed by atoms with van der Waals surface area (Å²) in [6.07, 6.45) is -4.60. The van der Waals surface area contributed by atoms with Crippen LogP contribution < -0.4 is 0 Å². The normalized spacial score (nSPS) is 23.2. The average molecular weight is 321 g/mol. The van der Waals surface area contributed by atoms with Crippen LogP contribution in [0.3, 0.4) is 0 Å². The molecule has 1 amide bonds. The molecule has 0 aromatic heterocycles. The van der Waals surface area contributed by atoms with Crippen LogP contribution in [-0.2, 0) is 6.18 Å². The minimum absolute atomic E-state index is 0.173. The molecule has 7 heteroatoms. The Balaban J connectivity index is 2.30. The van der Waals surface area contributed by atoms with E-state index in [-0.39, 0.29) is 10.5 Å². The monoisotopic (exact) mass is 321 g/mol. The second-order valence-electron chi connectivity index (χ2n) is 5.16. The number of thioether (sulfide) groups is 1. The maximum absolute atomic E-state index is 13.7. The van der Waals surface area contributed by atoms with E-state index in [9.17, 15) is 22.4 Å². The van der Waals surface area contributed by atoms with Crippen molar-refractivity contribution in [2.75, 3.05) is 13.1 Å². The van der Waals surface area contributed by atoms with Gasteiger partial charge in [-0.15, -0.1) is 0 Å². The molecule has 1 fully saturated rings. The number of carbonyl (C=O) groups is 1. The number of rotatable bonds is 1. The number of hydrogen-bond donors (Lipinski definition) is 0. The summed E-state index contributed by atoms with van der Waals surface area (Å²) >= 11 is 1.70. The molecule has 1 aromatic rings. The third kappa shape index (κ3) is 3.70. The minimum Gasteiger partial charge on any atom is -0.336 e. The van der Waals surface area contributed by atoms with E-state index in [1.807, 2.05) is 13.8 Å². The molecule has 0 N–H and O–H groups in total. The zero-order chi connectivity index (χ0) is 15.8. The maximum Gasteiger partial charge on any atom is 0.416 e. The van der Waals surface area contributed by atoms with Crippen LogP contribution in [0, 0.1) is 5.82 Å². The molecule has 0 bridgehead atoms. The highest BCUT2D eigenvalue weighted by molar-refractivity contribution is 8.00. The van der Waals surface area contributed by atoms with Crippen LogP contribution in [0.25, 0.3) is 0 Å². The van der Waals surface area contributed by atoms with Crippen LogP contribution in [0.5, 0.6) is 0 Å². The zero-order valence-corrected chi connectivity index (χ0v) is 12.4. The fraction of sp³-hybridized carbons (Fsp3) is 0.500. The number of nitrogens with zero attached hydrogens (tertiary/aromatic N) is 1. The molecule has 116 valence electrons. The lowest BCUT2D eigenvalue weighted by Gasteiger charge is -2.34. The van der Waals surface area contributed by atoms with Gasteiger partial charge in [0.2, 0.25) is 0 Å². The molecule has 1 aliphatic heterocycles. The first-order valence-corrected chi connectivity index (χ1v) is 7.44. The fourth-order valence-electron chi connectivity index (χ4n) is 2.38. The summed E-state index contributed by atoms with van der Waals surface area (Å²) in [5.74, 6) is -1.61. The molecule has 1 saturated heterocycles. The number of amides is 1. The van der Waals surface area contributed by atoms with Crippen molar-refractivity contribution in [2.45, 2.75) is 30.5 Å². The molecule has 2 rings (SSSR count). The molecule has 1 aliphatic rings. The van der Waals surface area contributed by atoms with E-state index in [0.29, 0.717) is 31.3 Å². The van der Waals surface area contributed by atoms with Crippen molar-refractivity contribution in [3.63, 3.8) is 0 Å². The Labute approximate surface area is 124 Å². The Bertz CT molecular complexity index is 536. The molecule has 0 spiro atoms. The molecular formula is C14H15F4NOS. The SMILES string of the molecule is CC1CN(C(=O)c2cc(C(F)(F)F)ccc2F)CC(C)S1. The summed E-state index contributed by atoms with van der Waals surface area (Å²) in [6.45, 7) is 4.68. The Morgan fingerprint density at radius 1 is 1.24 bits per heavy atom. The Kier molecular flexibility index (Phi) is 4.51. The number of carbonyl (C=O) groups excluding carboxylic acids is 1. The summed E-state index contributed by atoms with van der Waals surface area (Å²) in [7, 11) is 0. The third-order valence-electron chi connectivity index (χ3n) is 3.23. The van der Waals surface area contributed by atoms with Gasteiger partial charge in [0.25, 0.3) is 5.91 Å². The van der Waals surface area contributed by atoms with E-state index in [4.69, 9.17) is 0 Å². The van der Waals surface area contributed by atoms with Crippen LogP contribution in [-0.4, -0.2) is 34.4 Å². The fourth-order valence-corrected chi connectivity index (χ4v) is 3.70.